The lowest BCUT2D eigenvalue weighted by atomic mass is 10.3. The molecule has 0 aromatic carbocycles. The van der Waals surface area contributed by atoms with Crippen molar-refractivity contribution in [1.82, 2.24) is 5.32 Å². The average Bonchev–Trinajstić information content (AvgIpc) is 1.96. The van der Waals surface area contributed by atoms with Gasteiger partial charge in [-0.05, 0) is 19.8 Å². The Morgan fingerprint density at radius 3 is 2.73 bits per heavy atom. The van der Waals surface area contributed by atoms with Crippen LogP contribution >= 0.6 is 0 Å². The van der Waals surface area contributed by atoms with Gasteiger partial charge in [-0.2, -0.15) is 0 Å². The Labute approximate surface area is 68.1 Å². The molecule has 0 aliphatic carbocycles. The van der Waals surface area contributed by atoms with Crippen molar-refractivity contribution in [3.63, 3.8) is 0 Å². The number of hydrogen-bond donors (Lipinski definition) is 1. The van der Waals surface area contributed by atoms with Gasteiger partial charge in [0.05, 0.1) is 0 Å². The third-order valence-corrected chi connectivity index (χ3v) is 1.29. The standard InChI is InChI=1S/C8H17NO2/c1-3-11-7-5-4-6-9-8(2)10/h3-7H2,1-2H3,(H,9,10). The van der Waals surface area contributed by atoms with E-state index in [0.29, 0.717) is 0 Å². The average molecular weight is 159 g/mol. The second-order valence-corrected chi connectivity index (χ2v) is 2.39. The van der Waals surface area contributed by atoms with Crippen LogP contribution in [-0.4, -0.2) is 25.7 Å². The topological polar surface area (TPSA) is 38.3 Å². The zero-order valence-electron chi connectivity index (χ0n) is 7.35. The number of nitrogens with one attached hydrogen (secondary N) is 1. The largest absolute Gasteiger partial charge is 0.382 e. The monoisotopic (exact) mass is 159 g/mol. The molecule has 0 aromatic rings. The molecule has 11 heavy (non-hydrogen) atoms. The van der Waals surface area contributed by atoms with Gasteiger partial charge in [0.2, 0.25) is 5.91 Å². The summed E-state index contributed by atoms with van der Waals surface area (Å²) in [6, 6.07) is 0. The normalized spacial score (nSPS) is 9.64. The SMILES string of the molecule is CCOCCCCNC(C)=O. The first-order chi connectivity index (χ1) is 5.27. The van der Waals surface area contributed by atoms with Crippen LogP contribution in [0.4, 0.5) is 0 Å². The Morgan fingerprint density at radius 1 is 1.45 bits per heavy atom. The van der Waals surface area contributed by atoms with Crippen molar-refractivity contribution in [1.29, 1.82) is 0 Å². The van der Waals surface area contributed by atoms with Crippen LogP contribution in [0.5, 0.6) is 0 Å². The fourth-order valence-corrected chi connectivity index (χ4v) is 0.738. The number of carbonyl (C=O) groups excluding carboxylic acids is 1. The van der Waals surface area contributed by atoms with E-state index < -0.39 is 0 Å². The van der Waals surface area contributed by atoms with E-state index in [9.17, 15) is 4.79 Å². The fourth-order valence-electron chi connectivity index (χ4n) is 0.738. The molecule has 3 heteroatoms. The maximum Gasteiger partial charge on any atom is 0.216 e. The molecule has 0 heterocycles. The molecule has 0 aliphatic heterocycles. The Balaban J connectivity index is 2.85. The second-order valence-electron chi connectivity index (χ2n) is 2.39. The molecule has 0 aliphatic rings. The van der Waals surface area contributed by atoms with Crippen molar-refractivity contribution in [3.8, 4) is 0 Å². The summed E-state index contributed by atoms with van der Waals surface area (Å²) in [6.07, 6.45) is 2.02. The molecule has 0 saturated carbocycles. The summed E-state index contributed by atoms with van der Waals surface area (Å²) in [7, 11) is 0. The molecule has 0 unspecified atom stereocenters. The van der Waals surface area contributed by atoms with E-state index in [1.807, 2.05) is 6.92 Å². The highest BCUT2D eigenvalue weighted by atomic mass is 16.5. The van der Waals surface area contributed by atoms with Crippen LogP contribution in [0.15, 0.2) is 0 Å². The molecule has 0 fully saturated rings. The van der Waals surface area contributed by atoms with Gasteiger partial charge in [0.15, 0.2) is 0 Å². The summed E-state index contributed by atoms with van der Waals surface area (Å²) in [6.45, 7) is 5.86. The lowest BCUT2D eigenvalue weighted by Crippen LogP contribution is -2.21. The molecule has 66 valence electrons. The predicted octanol–water partition coefficient (Wildman–Crippen LogP) is 0.939. The number of amides is 1. The smallest absolute Gasteiger partial charge is 0.216 e. The first-order valence-electron chi connectivity index (χ1n) is 4.09. The molecule has 0 atom stereocenters. The van der Waals surface area contributed by atoms with Gasteiger partial charge in [-0.25, -0.2) is 0 Å². The minimum Gasteiger partial charge on any atom is -0.382 e. The predicted molar refractivity (Wildman–Crippen MR) is 44.4 cm³/mol. The van der Waals surface area contributed by atoms with Crippen LogP contribution in [-0.2, 0) is 9.53 Å². The van der Waals surface area contributed by atoms with Crippen LogP contribution in [0.3, 0.4) is 0 Å². The van der Waals surface area contributed by atoms with Crippen LogP contribution in [0.25, 0.3) is 0 Å². The van der Waals surface area contributed by atoms with E-state index in [1.165, 1.54) is 6.92 Å². The van der Waals surface area contributed by atoms with Gasteiger partial charge >= 0.3 is 0 Å². The van der Waals surface area contributed by atoms with Gasteiger partial charge in [-0.15, -0.1) is 0 Å². The Hall–Kier alpha value is -0.570. The third kappa shape index (κ3) is 9.43. The molecular weight excluding hydrogens is 142 g/mol. The Bertz CT molecular complexity index is 104. The van der Waals surface area contributed by atoms with E-state index in [-0.39, 0.29) is 5.91 Å². The maximum absolute atomic E-state index is 10.4. The van der Waals surface area contributed by atoms with E-state index >= 15 is 0 Å². The molecule has 3 nitrogen and oxygen atoms in total. The van der Waals surface area contributed by atoms with Gasteiger partial charge in [0, 0.05) is 26.7 Å². The van der Waals surface area contributed by atoms with E-state index in [4.69, 9.17) is 4.74 Å². The molecule has 1 amide bonds. The van der Waals surface area contributed by atoms with Gasteiger partial charge in [0.1, 0.15) is 0 Å². The molecule has 0 spiro atoms. The molecule has 0 radical (unpaired) electrons. The van der Waals surface area contributed by atoms with Crippen LogP contribution in [0.2, 0.25) is 0 Å². The number of unbranched alkanes of at least 4 members (excludes halogenated alkanes) is 1. The van der Waals surface area contributed by atoms with Gasteiger partial charge < -0.3 is 10.1 Å². The Morgan fingerprint density at radius 2 is 2.18 bits per heavy atom. The highest BCUT2D eigenvalue weighted by Crippen LogP contribution is 1.87. The number of hydrogen-bond acceptors (Lipinski definition) is 2. The third-order valence-electron chi connectivity index (χ3n) is 1.29. The molecule has 0 aromatic heterocycles. The summed E-state index contributed by atoms with van der Waals surface area (Å²) in [5.41, 5.74) is 0. The summed E-state index contributed by atoms with van der Waals surface area (Å²) in [5, 5.41) is 2.73. The number of rotatable bonds is 6. The minimum absolute atomic E-state index is 0.0430. The van der Waals surface area contributed by atoms with Crippen molar-refractivity contribution in [2.24, 2.45) is 0 Å². The van der Waals surface area contributed by atoms with E-state index in [2.05, 4.69) is 5.32 Å². The minimum atomic E-state index is 0.0430. The summed E-state index contributed by atoms with van der Waals surface area (Å²) in [5.74, 6) is 0.0430. The van der Waals surface area contributed by atoms with Crippen LogP contribution < -0.4 is 5.32 Å². The molecular formula is C8H17NO2. The zero-order valence-corrected chi connectivity index (χ0v) is 7.35. The van der Waals surface area contributed by atoms with Crippen molar-refractivity contribution >= 4 is 5.91 Å². The van der Waals surface area contributed by atoms with Gasteiger partial charge in [-0.3, -0.25) is 4.79 Å². The summed E-state index contributed by atoms with van der Waals surface area (Å²) < 4.78 is 5.13. The van der Waals surface area contributed by atoms with E-state index in [1.54, 1.807) is 0 Å². The molecule has 0 saturated heterocycles. The van der Waals surface area contributed by atoms with Crippen molar-refractivity contribution in [2.45, 2.75) is 26.7 Å². The van der Waals surface area contributed by atoms with Gasteiger partial charge in [0.25, 0.3) is 0 Å². The lowest BCUT2D eigenvalue weighted by Gasteiger charge is -2.01. The van der Waals surface area contributed by atoms with E-state index in [0.717, 1.165) is 32.6 Å². The zero-order chi connectivity index (χ0) is 8.53. The number of carbonyl (C=O) groups is 1. The van der Waals surface area contributed by atoms with Crippen molar-refractivity contribution in [3.05, 3.63) is 0 Å². The van der Waals surface area contributed by atoms with Crippen LogP contribution in [0.1, 0.15) is 26.7 Å². The first-order valence-corrected chi connectivity index (χ1v) is 4.09. The molecule has 0 rings (SSSR count). The second kappa shape index (κ2) is 7.54. The first kappa shape index (κ1) is 10.4. The van der Waals surface area contributed by atoms with Crippen molar-refractivity contribution < 1.29 is 9.53 Å². The lowest BCUT2D eigenvalue weighted by molar-refractivity contribution is -0.118. The fraction of sp³-hybridized carbons (Fsp3) is 0.875. The van der Waals surface area contributed by atoms with Crippen LogP contribution in [0, 0.1) is 0 Å². The van der Waals surface area contributed by atoms with Gasteiger partial charge in [-0.1, -0.05) is 0 Å². The van der Waals surface area contributed by atoms with Crippen molar-refractivity contribution in [2.75, 3.05) is 19.8 Å². The number of ether oxygens (including phenoxy) is 1. The molecule has 1 N–H and O–H groups in total. The quantitative estimate of drug-likeness (QED) is 0.586. The highest BCUT2D eigenvalue weighted by molar-refractivity contribution is 5.72. The highest BCUT2D eigenvalue weighted by Gasteiger charge is 1.90. The summed E-state index contributed by atoms with van der Waals surface area (Å²) in [4.78, 5) is 10.4. The maximum atomic E-state index is 10.4. The summed E-state index contributed by atoms with van der Waals surface area (Å²) >= 11 is 0. The molecule has 0 bridgehead atoms. The Kier molecular flexibility index (Phi) is 7.15.